The fourth-order valence-electron chi connectivity index (χ4n) is 3.03. The first-order valence-corrected chi connectivity index (χ1v) is 9.00. The molecule has 0 aliphatic rings. The number of nitrogens with two attached hydrogens (primary N) is 1. The van der Waals surface area contributed by atoms with Crippen LogP contribution in [0.15, 0.2) is 53.3 Å². The lowest BCUT2D eigenvalue weighted by atomic mass is 9.87. The van der Waals surface area contributed by atoms with E-state index in [1.54, 1.807) is 24.3 Å². The van der Waals surface area contributed by atoms with Crippen LogP contribution in [-0.2, 0) is 5.41 Å². The molecule has 0 fully saturated rings. The SMILES string of the molecule is CC(C)(C)c1cccc(Oc2ccccc2-c2c(C#N)c(N)[nH]c(=O)c2C#N)c1. The van der Waals surface area contributed by atoms with Gasteiger partial charge < -0.3 is 15.5 Å². The third-order valence-electron chi connectivity index (χ3n) is 4.55. The Kier molecular flexibility index (Phi) is 5.12. The van der Waals surface area contributed by atoms with Crippen LogP contribution in [0.1, 0.15) is 37.5 Å². The zero-order valence-corrected chi connectivity index (χ0v) is 16.4. The molecule has 2 aromatic carbocycles. The highest BCUT2D eigenvalue weighted by molar-refractivity contribution is 5.83. The smallest absolute Gasteiger partial charge is 0.268 e. The molecular weight excluding hydrogens is 364 g/mol. The predicted octanol–water partition coefficient (Wildman–Crippen LogP) is 4.46. The molecule has 3 N–H and O–H groups in total. The molecule has 0 saturated carbocycles. The van der Waals surface area contributed by atoms with E-state index in [1.807, 2.05) is 36.4 Å². The number of nitrogens with zero attached hydrogens (tertiary/aromatic N) is 2. The van der Waals surface area contributed by atoms with E-state index in [0.717, 1.165) is 5.56 Å². The van der Waals surface area contributed by atoms with Crippen molar-refractivity contribution in [3.63, 3.8) is 0 Å². The van der Waals surface area contributed by atoms with Crippen molar-refractivity contribution in [2.45, 2.75) is 26.2 Å². The van der Waals surface area contributed by atoms with Crippen molar-refractivity contribution >= 4 is 5.82 Å². The average Bonchev–Trinajstić information content (AvgIpc) is 2.67. The van der Waals surface area contributed by atoms with Gasteiger partial charge in [-0.3, -0.25) is 4.79 Å². The molecule has 1 heterocycles. The number of hydrogen-bond acceptors (Lipinski definition) is 5. The summed E-state index contributed by atoms with van der Waals surface area (Å²) < 4.78 is 6.11. The quantitative estimate of drug-likeness (QED) is 0.692. The van der Waals surface area contributed by atoms with Gasteiger partial charge in [-0.05, 0) is 29.2 Å². The molecule has 6 heteroatoms. The Morgan fingerprint density at radius 1 is 1.00 bits per heavy atom. The standard InChI is InChI=1S/C23H20N4O2/c1-23(2,3)14-7-6-8-15(11-14)29-19-10-5-4-9-16(19)20-17(12-24)21(26)27-22(28)18(20)13-25/h4-11H,1-3H3,(H3,26,27,28). The normalized spacial score (nSPS) is 10.8. The number of nitrogen functional groups attached to an aromatic ring is 1. The molecule has 0 spiro atoms. The molecule has 0 aliphatic carbocycles. The van der Waals surface area contributed by atoms with Crippen molar-refractivity contribution in [1.29, 1.82) is 10.5 Å². The third-order valence-corrected chi connectivity index (χ3v) is 4.55. The largest absolute Gasteiger partial charge is 0.457 e. The molecule has 0 saturated heterocycles. The summed E-state index contributed by atoms with van der Waals surface area (Å²) in [6.45, 7) is 6.33. The molecule has 29 heavy (non-hydrogen) atoms. The van der Waals surface area contributed by atoms with Crippen molar-refractivity contribution in [1.82, 2.24) is 4.98 Å². The maximum Gasteiger partial charge on any atom is 0.268 e. The summed E-state index contributed by atoms with van der Waals surface area (Å²) in [6, 6.07) is 18.5. The lowest BCUT2D eigenvalue weighted by molar-refractivity contribution is 0.480. The molecule has 0 amide bonds. The second-order valence-corrected chi connectivity index (χ2v) is 7.59. The van der Waals surface area contributed by atoms with Crippen LogP contribution in [0.2, 0.25) is 0 Å². The number of rotatable bonds is 3. The number of hydrogen-bond donors (Lipinski definition) is 2. The summed E-state index contributed by atoms with van der Waals surface area (Å²) in [5.41, 5.74) is 6.69. The second-order valence-electron chi connectivity index (χ2n) is 7.59. The van der Waals surface area contributed by atoms with Gasteiger partial charge in [-0.25, -0.2) is 0 Å². The van der Waals surface area contributed by atoms with Gasteiger partial charge >= 0.3 is 0 Å². The third kappa shape index (κ3) is 3.83. The van der Waals surface area contributed by atoms with Crippen LogP contribution in [0.3, 0.4) is 0 Å². The maximum absolute atomic E-state index is 12.2. The summed E-state index contributed by atoms with van der Waals surface area (Å²) in [4.78, 5) is 14.6. The Bertz CT molecular complexity index is 1220. The Hall–Kier alpha value is -4.03. The number of nitrogens with one attached hydrogen (secondary N) is 1. The molecule has 1 aromatic heterocycles. The van der Waals surface area contributed by atoms with Crippen LogP contribution in [0.4, 0.5) is 5.82 Å². The predicted molar refractivity (Wildman–Crippen MR) is 112 cm³/mol. The van der Waals surface area contributed by atoms with Crippen LogP contribution in [0.25, 0.3) is 11.1 Å². The lowest BCUT2D eigenvalue weighted by Gasteiger charge is -2.20. The number of anilines is 1. The fourth-order valence-corrected chi connectivity index (χ4v) is 3.03. The first-order valence-electron chi connectivity index (χ1n) is 9.00. The van der Waals surface area contributed by atoms with Crippen molar-refractivity contribution < 1.29 is 4.74 Å². The molecule has 0 unspecified atom stereocenters. The van der Waals surface area contributed by atoms with E-state index < -0.39 is 5.56 Å². The topological polar surface area (TPSA) is 116 Å². The van der Waals surface area contributed by atoms with Gasteiger partial charge in [-0.2, -0.15) is 10.5 Å². The Morgan fingerprint density at radius 3 is 2.34 bits per heavy atom. The van der Waals surface area contributed by atoms with Gasteiger partial charge in [0.25, 0.3) is 5.56 Å². The summed E-state index contributed by atoms with van der Waals surface area (Å²) >= 11 is 0. The van der Waals surface area contributed by atoms with Crippen LogP contribution in [0.5, 0.6) is 11.5 Å². The van der Waals surface area contributed by atoms with Crippen LogP contribution >= 0.6 is 0 Å². The molecule has 144 valence electrons. The van der Waals surface area contributed by atoms with Gasteiger partial charge in [0.1, 0.15) is 40.6 Å². The van der Waals surface area contributed by atoms with E-state index in [1.165, 1.54) is 0 Å². The molecule has 3 rings (SSSR count). The van der Waals surface area contributed by atoms with Crippen LogP contribution in [0, 0.1) is 22.7 Å². The fraction of sp³-hybridized carbons (Fsp3) is 0.174. The number of nitriles is 2. The zero-order valence-electron chi connectivity index (χ0n) is 16.4. The van der Waals surface area contributed by atoms with Crippen molar-refractivity contribution in [2.75, 3.05) is 5.73 Å². The van der Waals surface area contributed by atoms with Gasteiger partial charge in [-0.15, -0.1) is 0 Å². The number of pyridine rings is 1. The Balaban J connectivity index is 2.20. The first-order chi connectivity index (χ1) is 13.8. The minimum absolute atomic E-state index is 0.0284. The van der Waals surface area contributed by atoms with E-state index in [0.29, 0.717) is 17.1 Å². The Labute approximate surface area is 168 Å². The summed E-state index contributed by atoms with van der Waals surface area (Å²) in [5, 5.41) is 19.1. The number of H-pyrrole nitrogens is 1. The highest BCUT2D eigenvalue weighted by Crippen LogP contribution is 2.38. The van der Waals surface area contributed by atoms with Gasteiger partial charge in [-0.1, -0.05) is 51.1 Å². The number of aromatic nitrogens is 1. The van der Waals surface area contributed by atoms with Crippen LogP contribution < -0.4 is 16.0 Å². The molecule has 6 nitrogen and oxygen atoms in total. The first kappa shape index (κ1) is 19.7. The van der Waals surface area contributed by atoms with Crippen molar-refractivity contribution in [2.24, 2.45) is 0 Å². The van der Waals surface area contributed by atoms with Gasteiger partial charge in [0.2, 0.25) is 0 Å². The van der Waals surface area contributed by atoms with E-state index in [-0.39, 0.29) is 27.9 Å². The minimum atomic E-state index is -0.650. The molecule has 3 aromatic rings. The summed E-state index contributed by atoms with van der Waals surface area (Å²) in [5.74, 6) is 0.937. The van der Waals surface area contributed by atoms with Gasteiger partial charge in [0.15, 0.2) is 0 Å². The van der Waals surface area contributed by atoms with Crippen LogP contribution in [-0.4, -0.2) is 4.98 Å². The molecule has 0 aliphatic heterocycles. The van der Waals surface area contributed by atoms with E-state index in [9.17, 15) is 15.3 Å². The summed E-state index contributed by atoms with van der Waals surface area (Å²) in [6.07, 6.45) is 0. The Morgan fingerprint density at radius 2 is 1.69 bits per heavy atom. The highest BCUT2D eigenvalue weighted by Gasteiger charge is 2.21. The van der Waals surface area contributed by atoms with E-state index >= 15 is 0 Å². The average molecular weight is 384 g/mol. The maximum atomic E-state index is 12.2. The molecular formula is C23H20N4O2. The molecule has 0 atom stereocenters. The van der Waals surface area contributed by atoms with E-state index in [4.69, 9.17) is 10.5 Å². The lowest BCUT2D eigenvalue weighted by Crippen LogP contribution is -2.16. The number of aromatic amines is 1. The second kappa shape index (κ2) is 7.53. The number of benzene rings is 2. The minimum Gasteiger partial charge on any atom is -0.457 e. The van der Waals surface area contributed by atoms with Crippen molar-refractivity contribution in [3.8, 4) is 34.8 Å². The zero-order chi connectivity index (χ0) is 21.2. The van der Waals surface area contributed by atoms with Crippen molar-refractivity contribution in [3.05, 3.63) is 75.6 Å². The summed E-state index contributed by atoms with van der Waals surface area (Å²) in [7, 11) is 0. The van der Waals surface area contributed by atoms with E-state index in [2.05, 4.69) is 25.8 Å². The van der Waals surface area contributed by atoms with Gasteiger partial charge in [0, 0.05) is 11.1 Å². The molecule has 0 radical (unpaired) electrons. The highest BCUT2D eigenvalue weighted by atomic mass is 16.5. The van der Waals surface area contributed by atoms with Gasteiger partial charge in [0.05, 0.1) is 0 Å². The monoisotopic (exact) mass is 384 g/mol. The number of ether oxygens (including phenoxy) is 1. The number of para-hydroxylation sites is 1. The molecule has 0 bridgehead atoms.